The molecule has 0 aromatic heterocycles. The van der Waals surface area contributed by atoms with E-state index in [1.807, 2.05) is 36.1 Å². The van der Waals surface area contributed by atoms with Crippen molar-refractivity contribution in [2.75, 3.05) is 24.5 Å². The molecule has 0 aliphatic carbocycles. The van der Waals surface area contributed by atoms with E-state index in [0.29, 0.717) is 19.1 Å². The number of benzene rings is 2. The third-order valence-corrected chi connectivity index (χ3v) is 8.13. The molecule has 1 fully saturated rings. The van der Waals surface area contributed by atoms with Crippen molar-refractivity contribution in [3.63, 3.8) is 0 Å². The fourth-order valence-corrected chi connectivity index (χ4v) is 5.94. The predicted molar refractivity (Wildman–Crippen MR) is 131 cm³/mol. The molecule has 6 heteroatoms. The number of para-hydroxylation sites is 1. The Morgan fingerprint density at radius 3 is 2.69 bits per heavy atom. The maximum Gasteiger partial charge on any atom is 0.241 e. The van der Waals surface area contributed by atoms with Crippen LogP contribution in [-0.4, -0.2) is 47.6 Å². The van der Waals surface area contributed by atoms with Gasteiger partial charge >= 0.3 is 0 Å². The number of hydrogen-bond donors (Lipinski definition) is 1. The van der Waals surface area contributed by atoms with Gasteiger partial charge in [-0.2, -0.15) is 0 Å². The Labute approximate surface area is 195 Å². The largest absolute Gasteiger partial charge is 0.354 e. The highest BCUT2D eigenvalue weighted by Gasteiger charge is 2.39. The Morgan fingerprint density at radius 1 is 1.19 bits per heavy atom. The van der Waals surface area contributed by atoms with E-state index in [4.69, 9.17) is 0 Å². The number of nitrogens with zero attached hydrogens (tertiary/aromatic N) is 2. The van der Waals surface area contributed by atoms with Crippen LogP contribution in [0.5, 0.6) is 0 Å². The van der Waals surface area contributed by atoms with Gasteiger partial charge in [0.05, 0.1) is 18.2 Å². The van der Waals surface area contributed by atoms with Crippen LogP contribution in [0, 0.1) is 12.8 Å². The molecule has 0 unspecified atom stereocenters. The summed E-state index contributed by atoms with van der Waals surface area (Å²) in [7, 11) is 0. The number of rotatable bonds is 7. The number of aryl methyl sites for hydroxylation is 1. The van der Waals surface area contributed by atoms with Crippen LogP contribution in [0.3, 0.4) is 0 Å². The summed E-state index contributed by atoms with van der Waals surface area (Å²) in [5.41, 5.74) is 3.21. The molecular formula is C26H33N3O2S. The lowest BCUT2D eigenvalue weighted by atomic mass is 10.0. The molecular weight excluding hydrogens is 418 g/mol. The maximum atomic E-state index is 13.6. The van der Waals surface area contributed by atoms with Crippen LogP contribution in [0.25, 0.3) is 0 Å². The van der Waals surface area contributed by atoms with Crippen LogP contribution in [0.2, 0.25) is 0 Å². The number of likely N-dealkylation sites (tertiary alicyclic amines) is 1. The van der Waals surface area contributed by atoms with Gasteiger partial charge in [-0.05, 0) is 50.6 Å². The zero-order chi connectivity index (χ0) is 22.7. The average molecular weight is 452 g/mol. The second-order valence-corrected chi connectivity index (χ2v) is 10.1. The van der Waals surface area contributed by atoms with E-state index in [1.165, 1.54) is 23.7 Å². The molecule has 3 atom stereocenters. The Balaban J connectivity index is 1.49. The van der Waals surface area contributed by atoms with Gasteiger partial charge in [-0.25, -0.2) is 0 Å². The van der Waals surface area contributed by atoms with Crippen LogP contribution in [0.1, 0.15) is 37.8 Å². The topological polar surface area (TPSA) is 52.7 Å². The number of fused-ring (bicyclic) bond motifs is 1. The van der Waals surface area contributed by atoms with E-state index in [-0.39, 0.29) is 11.8 Å². The molecule has 32 heavy (non-hydrogen) atoms. The number of amides is 2. The SMILES string of the molecule is CCN1CCC[C@@H]1CNC(=O)[C@H](C)[C@@H]1Sc2ccccc2N(Cc2ccc(C)cc2)C1=O. The summed E-state index contributed by atoms with van der Waals surface area (Å²) in [6, 6.07) is 16.7. The van der Waals surface area contributed by atoms with Gasteiger partial charge in [0, 0.05) is 17.5 Å². The van der Waals surface area contributed by atoms with Crippen LogP contribution in [-0.2, 0) is 16.1 Å². The van der Waals surface area contributed by atoms with Gasteiger partial charge in [0.25, 0.3) is 0 Å². The van der Waals surface area contributed by atoms with Gasteiger partial charge in [0.1, 0.15) is 5.25 Å². The predicted octanol–water partition coefficient (Wildman–Crippen LogP) is 4.24. The number of carbonyl (C=O) groups excluding carboxylic acids is 2. The van der Waals surface area contributed by atoms with E-state index in [2.05, 4.69) is 48.3 Å². The van der Waals surface area contributed by atoms with E-state index in [9.17, 15) is 9.59 Å². The second kappa shape index (κ2) is 10.1. The van der Waals surface area contributed by atoms with Crippen molar-refractivity contribution < 1.29 is 9.59 Å². The minimum atomic E-state index is -0.429. The highest BCUT2D eigenvalue weighted by atomic mass is 32.2. The summed E-state index contributed by atoms with van der Waals surface area (Å²) in [4.78, 5) is 31.9. The Bertz CT molecular complexity index is 962. The molecule has 1 N–H and O–H groups in total. The molecule has 0 saturated carbocycles. The first-order chi connectivity index (χ1) is 15.5. The zero-order valence-corrected chi connectivity index (χ0v) is 20.0. The first-order valence-electron chi connectivity index (χ1n) is 11.6. The number of thioether (sulfide) groups is 1. The van der Waals surface area contributed by atoms with E-state index in [1.54, 1.807) is 0 Å². The third kappa shape index (κ3) is 4.86. The van der Waals surface area contributed by atoms with Crippen LogP contribution in [0.15, 0.2) is 53.4 Å². The van der Waals surface area contributed by atoms with E-state index >= 15 is 0 Å². The molecule has 2 heterocycles. The normalized spacial score (nSPS) is 22.0. The molecule has 2 aromatic carbocycles. The van der Waals surface area contributed by atoms with Crippen LogP contribution >= 0.6 is 11.8 Å². The summed E-state index contributed by atoms with van der Waals surface area (Å²) in [5.74, 6) is -0.431. The number of likely N-dealkylation sites (N-methyl/N-ethyl adjacent to an activating group) is 1. The van der Waals surface area contributed by atoms with Crippen molar-refractivity contribution in [1.29, 1.82) is 0 Å². The smallest absolute Gasteiger partial charge is 0.241 e. The van der Waals surface area contributed by atoms with Gasteiger partial charge < -0.3 is 10.2 Å². The molecule has 2 aliphatic rings. The number of anilines is 1. The summed E-state index contributed by atoms with van der Waals surface area (Å²) >= 11 is 1.52. The van der Waals surface area contributed by atoms with E-state index < -0.39 is 11.2 Å². The summed E-state index contributed by atoms with van der Waals surface area (Å²) in [6.07, 6.45) is 2.31. The fraction of sp³-hybridized carbons (Fsp3) is 0.462. The standard InChI is InChI=1S/C26H33N3O2S/c1-4-28-15-7-8-21(28)16-27-25(30)19(3)24-26(31)29(17-20-13-11-18(2)12-14-20)22-9-5-6-10-23(22)32-24/h5-6,9-14,19,21,24H,4,7-8,15-17H2,1-3H3,(H,27,30)/t19-,21-,24+/m1/s1. The second-order valence-electron chi connectivity index (χ2n) is 8.87. The first kappa shape index (κ1) is 22.9. The summed E-state index contributed by atoms with van der Waals surface area (Å²) < 4.78 is 0. The van der Waals surface area contributed by atoms with Gasteiger partial charge in [0.2, 0.25) is 11.8 Å². The average Bonchev–Trinajstić information content (AvgIpc) is 3.27. The molecule has 0 radical (unpaired) electrons. The van der Waals surface area contributed by atoms with Gasteiger partial charge in [-0.3, -0.25) is 14.5 Å². The van der Waals surface area contributed by atoms with Gasteiger partial charge in [0.15, 0.2) is 0 Å². The molecule has 0 spiro atoms. The number of nitrogens with one attached hydrogen (secondary N) is 1. The highest BCUT2D eigenvalue weighted by Crippen LogP contribution is 2.42. The highest BCUT2D eigenvalue weighted by molar-refractivity contribution is 8.01. The Morgan fingerprint density at radius 2 is 1.94 bits per heavy atom. The maximum absolute atomic E-state index is 13.6. The molecule has 2 amide bonds. The monoisotopic (exact) mass is 451 g/mol. The lowest BCUT2D eigenvalue weighted by Crippen LogP contribution is -2.48. The lowest BCUT2D eigenvalue weighted by molar-refractivity contribution is -0.128. The summed E-state index contributed by atoms with van der Waals surface area (Å²) in [5, 5.41) is 2.71. The van der Waals surface area contributed by atoms with Crippen molar-refractivity contribution in [3.05, 3.63) is 59.7 Å². The quantitative estimate of drug-likeness (QED) is 0.684. The van der Waals surface area contributed by atoms with Crippen LogP contribution in [0.4, 0.5) is 5.69 Å². The number of hydrogen-bond acceptors (Lipinski definition) is 4. The minimum absolute atomic E-state index is 0.00739. The number of carbonyl (C=O) groups is 2. The molecule has 1 saturated heterocycles. The molecule has 170 valence electrons. The summed E-state index contributed by atoms with van der Waals surface area (Å²) in [6.45, 7) is 9.39. The Kier molecular flexibility index (Phi) is 7.21. The molecule has 5 nitrogen and oxygen atoms in total. The van der Waals surface area contributed by atoms with Crippen molar-refractivity contribution >= 4 is 29.3 Å². The molecule has 2 aromatic rings. The molecule has 0 bridgehead atoms. The van der Waals surface area contributed by atoms with Crippen molar-refractivity contribution in [2.45, 2.75) is 56.3 Å². The fourth-order valence-electron chi connectivity index (χ4n) is 4.65. The molecule has 4 rings (SSSR count). The minimum Gasteiger partial charge on any atom is -0.354 e. The van der Waals surface area contributed by atoms with Crippen molar-refractivity contribution in [2.24, 2.45) is 5.92 Å². The van der Waals surface area contributed by atoms with Gasteiger partial charge in [-0.15, -0.1) is 11.8 Å². The zero-order valence-electron chi connectivity index (χ0n) is 19.2. The van der Waals surface area contributed by atoms with Crippen molar-refractivity contribution in [3.8, 4) is 0 Å². The van der Waals surface area contributed by atoms with Crippen molar-refractivity contribution in [1.82, 2.24) is 10.2 Å². The Hall–Kier alpha value is -2.31. The lowest BCUT2D eigenvalue weighted by Gasteiger charge is -2.36. The third-order valence-electron chi connectivity index (χ3n) is 6.67. The van der Waals surface area contributed by atoms with Crippen LogP contribution < -0.4 is 10.2 Å². The van der Waals surface area contributed by atoms with Gasteiger partial charge in [-0.1, -0.05) is 55.8 Å². The molecule has 2 aliphatic heterocycles. The van der Waals surface area contributed by atoms with E-state index in [0.717, 1.165) is 35.7 Å². The first-order valence-corrected chi connectivity index (χ1v) is 12.5.